The monoisotopic (exact) mass is 437 g/mol. The zero-order chi connectivity index (χ0) is 21.7. The molecule has 3 heterocycles. The molecule has 7 heteroatoms. The normalized spacial score (nSPS) is 20.8. The molecule has 3 aliphatic rings. The number of hydrogen-bond donors (Lipinski definition) is 2. The smallest absolute Gasteiger partial charge is 0.266 e. The van der Waals surface area contributed by atoms with Crippen molar-refractivity contribution in [3.05, 3.63) is 113 Å². The van der Waals surface area contributed by atoms with Crippen molar-refractivity contribution in [1.82, 2.24) is 4.98 Å². The lowest BCUT2D eigenvalue weighted by Crippen LogP contribution is -2.53. The lowest BCUT2D eigenvalue weighted by atomic mass is 10.0. The maximum absolute atomic E-state index is 6.82. The second-order valence-corrected chi connectivity index (χ2v) is 8.12. The largest absolute Gasteiger partial charge is 0.340 e. The number of hydrogen-bond acceptors (Lipinski definition) is 5. The Morgan fingerprint density at radius 2 is 1.88 bits per heavy atom. The fraction of sp³-hybridized carbons (Fsp3) is 0. The van der Waals surface area contributed by atoms with Gasteiger partial charge in [0.25, 0.3) is 5.84 Å². The molecule has 0 bridgehead atoms. The summed E-state index contributed by atoms with van der Waals surface area (Å²) in [5.74, 6) is 8.20. The fourth-order valence-electron chi connectivity index (χ4n) is 3.98. The first-order valence-corrected chi connectivity index (χ1v) is 10.5. The van der Waals surface area contributed by atoms with Crippen LogP contribution >= 0.6 is 11.6 Å². The Balaban J connectivity index is 1.45. The molecule has 32 heavy (non-hydrogen) atoms. The lowest BCUT2D eigenvalue weighted by Gasteiger charge is -2.26. The molecule has 6 rings (SSSR count). The Hall–Kier alpha value is -3.84. The van der Waals surface area contributed by atoms with Gasteiger partial charge in [-0.1, -0.05) is 48.0 Å². The second-order valence-electron chi connectivity index (χ2n) is 7.72. The predicted octanol–water partition coefficient (Wildman–Crippen LogP) is 5.35. The number of nitrogens with zero attached hydrogens (tertiary/aromatic N) is 4. The maximum Gasteiger partial charge on any atom is 0.266 e. The number of halogens is 1. The van der Waals surface area contributed by atoms with Crippen molar-refractivity contribution < 1.29 is 4.59 Å². The molecule has 2 aliphatic heterocycles. The van der Waals surface area contributed by atoms with Crippen molar-refractivity contribution in [1.29, 1.82) is 0 Å². The number of aliphatic imine (C=N–C) groups is 2. The van der Waals surface area contributed by atoms with Crippen LogP contribution in [0, 0.1) is 0 Å². The molecule has 0 amide bonds. The summed E-state index contributed by atoms with van der Waals surface area (Å²) in [6.45, 7) is 0. The van der Waals surface area contributed by atoms with E-state index < -0.39 is 0 Å². The summed E-state index contributed by atoms with van der Waals surface area (Å²) in [7, 11) is 0. The van der Waals surface area contributed by atoms with Crippen LogP contribution in [-0.2, 0) is 0 Å². The SMILES string of the molecule is N[N+]12C=CN=CC1=C(C1=CC=C1)N=C2c1cc2nc(Nc3ccccc3)ccc2cc1Cl. The molecule has 0 spiro atoms. The molecule has 2 aromatic carbocycles. The number of benzene rings is 2. The molecule has 0 saturated carbocycles. The van der Waals surface area contributed by atoms with Gasteiger partial charge in [-0.3, -0.25) is 4.99 Å². The number of rotatable bonds is 4. The number of allylic oxidation sites excluding steroid dienone is 4. The molecular weight excluding hydrogens is 420 g/mol. The van der Waals surface area contributed by atoms with Gasteiger partial charge in [0.05, 0.1) is 28.5 Å². The minimum Gasteiger partial charge on any atom is -0.340 e. The van der Waals surface area contributed by atoms with Gasteiger partial charge in [0.2, 0.25) is 5.70 Å². The topological polar surface area (TPSA) is 75.7 Å². The van der Waals surface area contributed by atoms with Gasteiger partial charge in [-0.15, -0.1) is 4.59 Å². The maximum atomic E-state index is 6.82. The van der Waals surface area contributed by atoms with E-state index in [1.165, 1.54) is 0 Å². The standard InChI is InChI=1S/C25H18ClN6/c26-20-13-17-9-10-23(29-18-7-2-1-3-8-18)30-21(17)14-19(20)25-31-24(16-5-4-6-16)22-15-28-11-12-32(22,25)27/h1-15H,27H2,(H,29,30)/q+1. The third kappa shape index (κ3) is 2.93. The molecular formula is C25H18ClN6+. The van der Waals surface area contributed by atoms with Gasteiger partial charge in [-0.05, 0) is 36.4 Å². The van der Waals surface area contributed by atoms with Crippen LogP contribution in [0.2, 0.25) is 5.02 Å². The summed E-state index contributed by atoms with van der Waals surface area (Å²) in [6, 6.07) is 17.7. The van der Waals surface area contributed by atoms with Crippen molar-refractivity contribution in [2.45, 2.75) is 0 Å². The van der Waals surface area contributed by atoms with Crippen molar-refractivity contribution in [3.63, 3.8) is 0 Å². The molecule has 1 aliphatic carbocycles. The first kappa shape index (κ1) is 18.9. The predicted molar refractivity (Wildman–Crippen MR) is 129 cm³/mol. The Labute approximate surface area is 189 Å². The van der Waals surface area contributed by atoms with E-state index >= 15 is 0 Å². The number of nitrogens with one attached hydrogen (secondary N) is 1. The summed E-state index contributed by atoms with van der Waals surface area (Å²) in [4.78, 5) is 14.0. The molecule has 1 atom stereocenters. The van der Waals surface area contributed by atoms with Crippen LogP contribution in [0.4, 0.5) is 11.5 Å². The van der Waals surface area contributed by atoms with E-state index in [0.717, 1.165) is 44.9 Å². The van der Waals surface area contributed by atoms with Crippen LogP contribution in [0.3, 0.4) is 0 Å². The molecule has 6 nitrogen and oxygen atoms in total. The van der Waals surface area contributed by atoms with Crippen molar-refractivity contribution >= 4 is 46.1 Å². The highest BCUT2D eigenvalue weighted by Gasteiger charge is 2.45. The van der Waals surface area contributed by atoms with Gasteiger partial charge in [-0.2, -0.15) is 10.8 Å². The Morgan fingerprint density at radius 1 is 1.03 bits per heavy atom. The van der Waals surface area contributed by atoms with Crippen LogP contribution < -0.4 is 11.2 Å². The molecule has 3 aromatic rings. The van der Waals surface area contributed by atoms with Crippen molar-refractivity contribution in [3.8, 4) is 0 Å². The van der Waals surface area contributed by atoms with Crippen LogP contribution in [0.1, 0.15) is 5.56 Å². The number of anilines is 2. The number of aromatic nitrogens is 1. The Bertz CT molecular complexity index is 1460. The number of nitrogens with two attached hydrogens (primary N) is 1. The highest BCUT2D eigenvalue weighted by molar-refractivity contribution is 6.34. The fourth-order valence-corrected chi connectivity index (χ4v) is 4.23. The molecule has 0 saturated heterocycles. The summed E-state index contributed by atoms with van der Waals surface area (Å²) < 4.78 is -0.0861. The van der Waals surface area contributed by atoms with Crippen molar-refractivity contribution in [2.24, 2.45) is 15.8 Å². The summed E-state index contributed by atoms with van der Waals surface area (Å²) in [6.07, 6.45) is 11.2. The van der Waals surface area contributed by atoms with Gasteiger partial charge in [-0.25, -0.2) is 4.98 Å². The Kier molecular flexibility index (Phi) is 4.19. The highest BCUT2D eigenvalue weighted by atomic mass is 35.5. The van der Waals surface area contributed by atoms with Gasteiger partial charge < -0.3 is 5.32 Å². The third-order valence-corrected chi connectivity index (χ3v) is 6.00. The lowest BCUT2D eigenvalue weighted by molar-refractivity contribution is -0.750. The summed E-state index contributed by atoms with van der Waals surface area (Å²) in [5, 5.41) is 4.84. The number of quaternary nitrogens is 1. The van der Waals surface area contributed by atoms with Crippen LogP contribution in [0.5, 0.6) is 0 Å². The molecule has 1 unspecified atom stereocenters. The van der Waals surface area contributed by atoms with Crippen LogP contribution in [-0.4, -0.2) is 21.6 Å². The first-order valence-electron chi connectivity index (χ1n) is 10.2. The van der Waals surface area contributed by atoms with E-state index in [9.17, 15) is 0 Å². The summed E-state index contributed by atoms with van der Waals surface area (Å²) >= 11 is 6.73. The highest BCUT2D eigenvalue weighted by Crippen LogP contribution is 2.38. The molecule has 3 N–H and O–H groups in total. The van der Waals surface area contributed by atoms with E-state index in [0.29, 0.717) is 10.9 Å². The number of pyridine rings is 1. The average molecular weight is 438 g/mol. The van der Waals surface area contributed by atoms with E-state index in [2.05, 4.69) is 10.3 Å². The van der Waals surface area contributed by atoms with Gasteiger partial charge >= 0.3 is 0 Å². The Morgan fingerprint density at radius 3 is 2.66 bits per heavy atom. The molecule has 1 aromatic heterocycles. The van der Waals surface area contributed by atoms with E-state index in [4.69, 9.17) is 27.4 Å². The van der Waals surface area contributed by atoms with Crippen LogP contribution in [0.25, 0.3) is 10.9 Å². The zero-order valence-corrected chi connectivity index (χ0v) is 17.7. The number of para-hydroxylation sites is 1. The minimum atomic E-state index is -0.0861. The minimum absolute atomic E-state index is 0.0861. The molecule has 154 valence electrons. The summed E-state index contributed by atoms with van der Waals surface area (Å²) in [5.41, 5.74) is 5.14. The zero-order valence-electron chi connectivity index (χ0n) is 16.9. The van der Waals surface area contributed by atoms with E-state index in [-0.39, 0.29) is 4.59 Å². The average Bonchev–Trinajstić information content (AvgIpc) is 3.05. The first-order chi connectivity index (χ1) is 15.6. The van der Waals surface area contributed by atoms with Gasteiger partial charge in [0.1, 0.15) is 17.7 Å². The molecule has 0 fully saturated rings. The van der Waals surface area contributed by atoms with Gasteiger partial charge in [0, 0.05) is 16.6 Å². The van der Waals surface area contributed by atoms with Gasteiger partial charge in [0.15, 0.2) is 0 Å². The molecule has 0 radical (unpaired) electrons. The quantitative estimate of drug-likeness (QED) is 0.427. The van der Waals surface area contributed by atoms with Crippen LogP contribution in [0.15, 0.2) is 112 Å². The number of fused-ring (bicyclic) bond motifs is 2. The van der Waals surface area contributed by atoms with Crippen molar-refractivity contribution in [2.75, 3.05) is 5.32 Å². The third-order valence-electron chi connectivity index (χ3n) is 5.68. The van der Waals surface area contributed by atoms with E-state index in [1.807, 2.05) is 79.0 Å². The number of amidine groups is 1. The van der Waals surface area contributed by atoms with E-state index in [1.54, 1.807) is 12.4 Å². The second kappa shape index (κ2) is 7.10.